The first-order chi connectivity index (χ1) is 13.2. The van der Waals surface area contributed by atoms with Gasteiger partial charge >= 0.3 is 0 Å². The van der Waals surface area contributed by atoms with Crippen molar-refractivity contribution in [2.24, 2.45) is 0 Å². The van der Waals surface area contributed by atoms with E-state index in [9.17, 15) is 10.1 Å². The lowest BCUT2D eigenvalue weighted by Crippen LogP contribution is -2.42. The number of nitrogens with one attached hydrogen (secondary N) is 1. The number of carbonyl (C=O) groups is 1. The van der Waals surface area contributed by atoms with Crippen LogP contribution >= 0.6 is 0 Å². The lowest BCUT2D eigenvalue weighted by molar-refractivity contribution is -0.132. The normalized spacial score (nSPS) is 23.2. The van der Waals surface area contributed by atoms with E-state index >= 15 is 0 Å². The second kappa shape index (κ2) is 6.32. The molecule has 7 heteroatoms. The minimum atomic E-state index is 0.0426. The summed E-state index contributed by atoms with van der Waals surface area (Å²) in [5.74, 6) is 1.03. The highest BCUT2D eigenvalue weighted by Crippen LogP contribution is 2.32. The van der Waals surface area contributed by atoms with E-state index in [1.165, 1.54) is 0 Å². The summed E-state index contributed by atoms with van der Waals surface area (Å²) >= 11 is 0. The zero-order chi connectivity index (χ0) is 18.4. The molecule has 0 saturated carbocycles. The summed E-state index contributed by atoms with van der Waals surface area (Å²) in [6, 6.07) is 7.76. The monoisotopic (exact) mass is 361 g/mol. The molecule has 1 amide bonds. The maximum absolute atomic E-state index is 12.5. The van der Waals surface area contributed by atoms with Gasteiger partial charge in [0.1, 0.15) is 5.82 Å². The van der Waals surface area contributed by atoms with Crippen molar-refractivity contribution in [2.75, 3.05) is 19.8 Å². The molecule has 5 rings (SSSR count). The van der Waals surface area contributed by atoms with E-state index in [4.69, 9.17) is 9.72 Å². The van der Waals surface area contributed by atoms with Crippen molar-refractivity contribution in [3.63, 3.8) is 0 Å². The molecule has 136 valence electrons. The number of aromatic nitrogens is 3. The molecule has 1 unspecified atom stereocenters. The van der Waals surface area contributed by atoms with Crippen LogP contribution in [0.1, 0.15) is 36.6 Å². The molecule has 0 radical (unpaired) electrons. The Bertz CT molecular complexity index is 1080. The highest BCUT2D eigenvalue weighted by Gasteiger charge is 2.37. The smallest absolute Gasteiger partial charge is 0.223 e. The van der Waals surface area contributed by atoms with E-state index in [0.29, 0.717) is 25.1 Å². The van der Waals surface area contributed by atoms with Gasteiger partial charge in [0.05, 0.1) is 47.0 Å². The number of nitrogens with zero attached hydrogens (tertiary/aromatic N) is 4. The third kappa shape index (κ3) is 2.73. The molecule has 2 aliphatic heterocycles. The lowest BCUT2D eigenvalue weighted by Gasteiger charge is -2.31. The predicted molar refractivity (Wildman–Crippen MR) is 99.0 cm³/mol. The molecule has 1 N–H and O–H groups in total. The van der Waals surface area contributed by atoms with Gasteiger partial charge in [0, 0.05) is 30.9 Å². The number of carbonyl (C=O) groups excluding carboxylic acids is 1. The van der Waals surface area contributed by atoms with Crippen molar-refractivity contribution in [3.05, 3.63) is 35.8 Å². The van der Waals surface area contributed by atoms with Crippen LogP contribution in [0.5, 0.6) is 0 Å². The highest BCUT2D eigenvalue weighted by molar-refractivity contribution is 6.02. The van der Waals surface area contributed by atoms with Crippen molar-refractivity contribution >= 4 is 27.8 Å². The molecule has 2 fully saturated rings. The van der Waals surface area contributed by atoms with Crippen LogP contribution in [0.2, 0.25) is 0 Å². The van der Waals surface area contributed by atoms with Crippen molar-refractivity contribution < 1.29 is 9.53 Å². The maximum atomic E-state index is 12.5. The summed E-state index contributed by atoms with van der Waals surface area (Å²) in [6.07, 6.45) is 4.24. The van der Waals surface area contributed by atoms with Gasteiger partial charge in [-0.15, -0.1) is 0 Å². The first-order valence-corrected chi connectivity index (χ1v) is 9.28. The second-order valence-electron chi connectivity index (χ2n) is 7.30. The van der Waals surface area contributed by atoms with Crippen LogP contribution < -0.4 is 0 Å². The topological polar surface area (TPSA) is 94.9 Å². The number of amides is 1. The summed E-state index contributed by atoms with van der Waals surface area (Å²) < 4.78 is 5.55. The van der Waals surface area contributed by atoms with Crippen LogP contribution in [-0.2, 0) is 9.53 Å². The molecular formula is C20H19N5O2. The van der Waals surface area contributed by atoms with Gasteiger partial charge in [-0.2, -0.15) is 5.26 Å². The molecule has 7 nitrogen and oxygen atoms in total. The van der Waals surface area contributed by atoms with Gasteiger partial charge in [-0.3, -0.25) is 9.78 Å². The number of hydrogen-bond donors (Lipinski definition) is 1. The Balaban J connectivity index is 1.49. The van der Waals surface area contributed by atoms with Crippen LogP contribution in [0.15, 0.2) is 24.4 Å². The minimum Gasteiger partial charge on any atom is -0.379 e. The standard InChI is InChI=1S/C20H19N5O2/c21-8-12-3-4-16-15(6-12)19-17(9-22-16)23-20(24-19)13-7-18(26)25(10-13)14-2-1-5-27-11-14/h3-4,6,9,13-14H,1-2,5,7,10-11H2,(H,23,24)/t13?,14-/m1/s1. The summed E-state index contributed by atoms with van der Waals surface area (Å²) in [6.45, 7) is 2.09. The Morgan fingerprint density at radius 1 is 1.37 bits per heavy atom. The quantitative estimate of drug-likeness (QED) is 0.757. The lowest BCUT2D eigenvalue weighted by atomic mass is 10.1. The molecule has 2 atom stereocenters. The summed E-state index contributed by atoms with van der Waals surface area (Å²) in [5, 5.41) is 10.0. The fourth-order valence-electron chi connectivity index (χ4n) is 4.18. The van der Waals surface area contributed by atoms with Gasteiger partial charge in [-0.05, 0) is 31.0 Å². The van der Waals surface area contributed by atoms with Crippen LogP contribution in [0, 0.1) is 11.3 Å². The Labute approximate surface area is 156 Å². The number of H-pyrrole nitrogens is 1. The number of pyridine rings is 1. The van der Waals surface area contributed by atoms with E-state index in [-0.39, 0.29) is 17.9 Å². The number of nitriles is 1. The maximum Gasteiger partial charge on any atom is 0.223 e. The number of imidazole rings is 1. The Kier molecular flexibility index (Phi) is 3.80. The average molecular weight is 361 g/mol. The summed E-state index contributed by atoms with van der Waals surface area (Å²) in [5.41, 5.74) is 3.03. The number of ether oxygens (including phenoxy) is 1. The van der Waals surface area contributed by atoms with Gasteiger partial charge in [-0.1, -0.05) is 0 Å². The second-order valence-corrected chi connectivity index (χ2v) is 7.30. The largest absolute Gasteiger partial charge is 0.379 e. The SMILES string of the molecule is N#Cc1ccc2ncc3[nH]c(C4CC(=O)N([C@@H]5CCCOC5)C4)nc3c2c1. The van der Waals surface area contributed by atoms with Gasteiger partial charge in [-0.25, -0.2) is 4.98 Å². The molecule has 27 heavy (non-hydrogen) atoms. The number of aromatic amines is 1. The average Bonchev–Trinajstić information content (AvgIpc) is 3.32. The van der Waals surface area contributed by atoms with Crippen LogP contribution in [0.4, 0.5) is 0 Å². The highest BCUT2D eigenvalue weighted by atomic mass is 16.5. The van der Waals surface area contributed by atoms with Gasteiger partial charge in [0.25, 0.3) is 0 Å². The molecule has 4 heterocycles. The van der Waals surface area contributed by atoms with E-state index in [1.54, 1.807) is 12.3 Å². The molecular weight excluding hydrogens is 342 g/mol. The van der Waals surface area contributed by atoms with E-state index in [0.717, 1.165) is 47.2 Å². The third-order valence-corrected chi connectivity index (χ3v) is 5.59. The Morgan fingerprint density at radius 2 is 2.30 bits per heavy atom. The Morgan fingerprint density at radius 3 is 3.11 bits per heavy atom. The molecule has 2 aliphatic rings. The van der Waals surface area contributed by atoms with Gasteiger partial charge in [0.15, 0.2) is 0 Å². The Hall–Kier alpha value is -2.98. The predicted octanol–water partition coefficient (Wildman–Crippen LogP) is 2.48. The number of fused-ring (bicyclic) bond motifs is 3. The zero-order valence-corrected chi connectivity index (χ0v) is 14.8. The van der Waals surface area contributed by atoms with Crippen molar-refractivity contribution in [1.29, 1.82) is 5.26 Å². The molecule has 2 saturated heterocycles. The van der Waals surface area contributed by atoms with E-state index in [2.05, 4.69) is 16.0 Å². The number of rotatable bonds is 2. The number of hydrogen-bond acceptors (Lipinski definition) is 5. The zero-order valence-electron chi connectivity index (χ0n) is 14.8. The van der Waals surface area contributed by atoms with Crippen molar-refractivity contribution in [2.45, 2.75) is 31.2 Å². The minimum absolute atomic E-state index is 0.0426. The first kappa shape index (κ1) is 16.2. The molecule has 0 aliphatic carbocycles. The van der Waals surface area contributed by atoms with Crippen LogP contribution in [0.3, 0.4) is 0 Å². The molecule has 3 aromatic rings. The van der Waals surface area contributed by atoms with Crippen molar-refractivity contribution in [3.8, 4) is 6.07 Å². The number of likely N-dealkylation sites (tertiary alicyclic amines) is 1. The third-order valence-electron chi connectivity index (χ3n) is 5.59. The molecule has 0 bridgehead atoms. The van der Waals surface area contributed by atoms with Crippen LogP contribution in [0.25, 0.3) is 21.9 Å². The fourth-order valence-corrected chi connectivity index (χ4v) is 4.18. The summed E-state index contributed by atoms with van der Waals surface area (Å²) in [4.78, 5) is 27.1. The summed E-state index contributed by atoms with van der Waals surface area (Å²) in [7, 11) is 0. The van der Waals surface area contributed by atoms with Gasteiger partial charge in [0.2, 0.25) is 5.91 Å². The van der Waals surface area contributed by atoms with E-state index in [1.807, 2.05) is 17.0 Å². The molecule has 2 aromatic heterocycles. The fraction of sp³-hybridized carbons (Fsp3) is 0.400. The molecule has 1 aromatic carbocycles. The van der Waals surface area contributed by atoms with Gasteiger partial charge < -0.3 is 14.6 Å². The van der Waals surface area contributed by atoms with Crippen molar-refractivity contribution in [1.82, 2.24) is 19.9 Å². The van der Waals surface area contributed by atoms with E-state index < -0.39 is 0 Å². The first-order valence-electron chi connectivity index (χ1n) is 9.28. The molecule has 0 spiro atoms. The number of benzene rings is 1. The van der Waals surface area contributed by atoms with Crippen LogP contribution in [-0.4, -0.2) is 51.6 Å².